The molecule has 0 atom stereocenters. The van der Waals surface area contributed by atoms with Crippen molar-refractivity contribution in [1.82, 2.24) is 0 Å². The zero-order valence-electron chi connectivity index (χ0n) is 72.9. The van der Waals surface area contributed by atoms with Gasteiger partial charge in [-0.05, 0) is 222 Å². The Labute approximate surface area is 756 Å². The molecule has 0 heterocycles. The number of nitro groups is 4. The van der Waals surface area contributed by atoms with Crippen LogP contribution in [0.4, 0.5) is 35.9 Å². The summed E-state index contributed by atoms with van der Waals surface area (Å²) in [5.74, 6) is 5.58. The van der Waals surface area contributed by atoms with Gasteiger partial charge in [0.1, 0.15) is 28.6 Å². The molecule has 8 aromatic rings. The van der Waals surface area contributed by atoms with Crippen LogP contribution in [0, 0.1) is 71.8 Å². The predicted octanol–water partition coefficient (Wildman–Crippen LogP) is 23.1. The van der Waals surface area contributed by atoms with Crippen molar-refractivity contribution in [2.75, 3.05) is 21.3 Å². The van der Waals surface area contributed by atoms with Gasteiger partial charge in [0.05, 0.1) is 63.3 Å². The number of nitrogens with zero attached hydrogens (tertiary/aromatic N) is 4. The predicted molar refractivity (Wildman–Crippen MR) is 494 cm³/mol. The zero-order chi connectivity index (χ0) is 95.7. The highest BCUT2D eigenvalue weighted by Gasteiger charge is 2.51. The molecule has 0 aliphatic rings. The van der Waals surface area contributed by atoms with E-state index >= 15 is 0 Å². The maximum Gasteiger partial charge on any atom is 0.534 e. The Kier molecular flexibility index (Phi) is 44.0. The van der Waals surface area contributed by atoms with Crippen molar-refractivity contribution >= 4 is 127 Å². The van der Waals surface area contributed by atoms with Crippen LogP contribution in [0.5, 0.6) is 40.2 Å². The van der Waals surface area contributed by atoms with Crippen molar-refractivity contribution < 1.29 is 113 Å². The average Bonchev–Trinajstić information content (AvgIpc) is 0.801. The number of carboxylic acid groups (broad SMARTS) is 1. The lowest BCUT2D eigenvalue weighted by Crippen LogP contribution is -2.50. The van der Waals surface area contributed by atoms with Crippen LogP contribution in [-0.4, -0.2) is 124 Å². The molecule has 8 rings (SSSR count). The molecule has 0 unspecified atom stereocenters. The maximum absolute atomic E-state index is 12.2. The van der Waals surface area contributed by atoms with Gasteiger partial charge in [-0.2, -0.15) is 21.6 Å². The minimum atomic E-state index is -6.11. The van der Waals surface area contributed by atoms with E-state index in [1.54, 1.807) is 12.1 Å². The van der Waals surface area contributed by atoms with Gasteiger partial charge < -0.3 is 52.1 Å². The van der Waals surface area contributed by atoms with Crippen molar-refractivity contribution in [2.45, 2.75) is 180 Å². The third-order valence-corrected chi connectivity index (χ3v) is 40.0. The monoisotopic (exact) mass is 2030 g/mol. The second-order valence-corrected chi connectivity index (χ2v) is 50.4. The molecule has 0 spiro atoms. The van der Waals surface area contributed by atoms with Gasteiger partial charge in [0.2, 0.25) is 5.75 Å². The molecule has 0 fully saturated rings. The number of carbonyl (C=O) groups is 4. The number of phenols is 3. The van der Waals surface area contributed by atoms with Crippen molar-refractivity contribution in [3.8, 4) is 64.4 Å². The second-order valence-electron chi connectivity index (χ2n) is 30.2. The fourth-order valence-electron chi connectivity index (χ4n) is 13.9. The van der Waals surface area contributed by atoms with E-state index in [0.29, 0.717) is 73.3 Å². The molecule has 0 radical (unpaired) electrons. The third-order valence-electron chi connectivity index (χ3n) is 19.5. The quantitative estimate of drug-likeness (QED) is 0.00475. The Morgan fingerprint density at radius 2 is 0.688 bits per heavy atom. The molecule has 0 aliphatic heterocycles. The number of rotatable bonds is 25. The van der Waals surface area contributed by atoms with Gasteiger partial charge in [-0.1, -0.05) is 142 Å². The summed E-state index contributed by atoms with van der Waals surface area (Å²) < 4.78 is 97.5. The largest absolute Gasteiger partial charge is 0.543 e. The summed E-state index contributed by atoms with van der Waals surface area (Å²) in [6, 6.07) is 43.0. The second kappa shape index (κ2) is 50.1. The highest BCUT2D eigenvalue weighted by atomic mass is 127. The van der Waals surface area contributed by atoms with E-state index in [1.807, 2.05) is 60.7 Å². The van der Waals surface area contributed by atoms with Crippen molar-refractivity contribution in [3.05, 3.63) is 256 Å². The number of terminal acetylenes is 1. The number of phenolic OH excluding ortho intramolecular Hbond substituents is 3. The van der Waals surface area contributed by atoms with Gasteiger partial charge in [0.15, 0.2) is 11.5 Å². The average molecular weight is 2030 g/mol. The molecular formula is C87H105F3I2N4O25SSi3. The van der Waals surface area contributed by atoms with Crippen LogP contribution in [0.25, 0.3) is 0 Å². The summed E-state index contributed by atoms with van der Waals surface area (Å²) >= 11 is 4.52. The Hall–Kier alpha value is -11.2. The number of halogens is 5. The zero-order valence-corrected chi connectivity index (χ0v) is 81.0. The summed E-state index contributed by atoms with van der Waals surface area (Å²) in [5, 5.41) is 77.9. The first-order valence-electron chi connectivity index (χ1n) is 38.5. The normalized spacial score (nSPS) is 11.2. The smallest absolute Gasteiger partial charge is 0.534 e. The Bertz CT molecular complexity index is 5130. The number of ether oxygens (including phenoxy) is 3. The van der Waals surface area contributed by atoms with E-state index in [-0.39, 0.29) is 27.9 Å². The van der Waals surface area contributed by atoms with Gasteiger partial charge in [0, 0.05) is 60.7 Å². The molecular weight excluding hydrogens is 1930 g/mol. The fraction of sp³-hybridized carbons (Fsp3) is 0.356. The Balaban J connectivity index is 0.000000510. The standard InChI is InChI=1S/C25H31NO5Si.C17H26OSi.C15H25IOSi.C9H6F3NO7S.C8H7NO5.C7H5NO5.C6H5IO/c1-17(2)32(18(3)4,19(5)6)31-23-13-9-20(10-14-23)8-11-21-16-22(25(27)30-7)12-15-24(21)26(28)29;1-8-16-9-11-17(12-10-16)18-19(13(2)3,14(4)5)15(6)7;1-11(2)18(12(3)4,13(5)6)17-15-9-7-14(16)8-10-15;1-19-8(14)5-2-3-6(13(15)16)7(4-5)20-21(17,18)9(10,11)12;1-14-8(11)5-2-3-6(9(12)13)7(10)4-5;9-6-3-4(7(10)11)1-2-5(6)8(12)13;7-5-1-3-6(8)4-2-5/h9-10,12-19H,1-7H3;1,9-15H,2-7H3;7-13H,1-6H3;2-4H,1H3;2-4,10H,1H3;1-3,9H,(H,10,11);1-4,8H. The first-order valence-corrected chi connectivity index (χ1v) is 48.5. The molecule has 0 aliphatic carbocycles. The van der Waals surface area contributed by atoms with Gasteiger partial charge in [-0.3, -0.25) is 40.5 Å². The van der Waals surface area contributed by atoms with Crippen molar-refractivity contribution in [3.63, 3.8) is 0 Å². The lowest BCUT2D eigenvalue weighted by Gasteiger charge is -2.42. The molecule has 0 saturated heterocycles. The molecule has 29 nitrogen and oxygen atoms in total. The molecule has 0 aromatic heterocycles. The molecule has 38 heteroatoms. The minimum Gasteiger partial charge on any atom is -0.543 e. The van der Waals surface area contributed by atoms with E-state index < -0.39 is 124 Å². The van der Waals surface area contributed by atoms with Crippen molar-refractivity contribution in [1.29, 1.82) is 0 Å². The number of hydrogen-bond donors (Lipinski definition) is 4. The topological polar surface area (TPSA) is 421 Å². The Morgan fingerprint density at radius 3 is 0.976 bits per heavy atom. The highest BCUT2D eigenvalue weighted by molar-refractivity contribution is 14.1. The number of aromatic hydroxyl groups is 3. The number of methoxy groups -OCH3 is 3. The number of nitro benzene ring substituents is 4. The summed E-state index contributed by atoms with van der Waals surface area (Å²) in [4.78, 5) is 83.5. The molecule has 0 saturated carbocycles. The molecule has 0 amide bonds. The molecule has 676 valence electrons. The maximum atomic E-state index is 12.2. The van der Waals surface area contributed by atoms with Gasteiger partial charge >= 0.3 is 56.6 Å². The molecule has 8 aromatic carbocycles. The third kappa shape index (κ3) is 31.8. The van der Waals surface area contributed by atoms with E-state index in [1.165, 1.54) is 42.1 Å². The van der Waals surface area contributed by atoms with Crippen LogP contribution in [0.1, 0.15) is 183 Å². The fourth-order valence-corrected chi connectivity index (χ4v) is 30.8. The van der Waals surface area contributed by atoms with E-state index in [9.17, 15) is 81.2 Å². The van der Waals surface area contributed by atoms with Crippen LogP contribution in [0.2, 0.25) is 49.9 Å². The van der Waals surface area contributed by atoms with Crippen LogP contribution in [0.3, 0.4) is 0 Å². The Morgan fingerprint density at radius 1 is 0.408 bits per heavy atom. The van der Waals surface area contributed by atoms with Crippen LogP contribution >= 0.6 is 45.2 Å². The van der Waals surface area contributed by atoms with Gasteiger partial charge in [0.25, 0.3) is 30.6 Å². The van der Waals surface area contributed by atoms with Crippen molar-refractivity contribution in [2.24, 2.45) is 0 Å². The number of esters is 3. The lowest BCUT2D eigenvalue weighted by molar-refractivity contribution is -0.386. The van der Waals surface area contributed by atoms with Gasteiger partial charge in [-0.25, -0.2) is 19.2 Å². The molecule has 125 heavy (non-hydrogen) atoms. The number of aromatic carboxylic acids is 1. The number of carbonyl (C=O) groups excluding carboxylic acids is 3. The van der Waals surface area contributed by atoms with Gasteiger partial charge in [-0.15, -0.1) is 6.42 Å². The molecule has 4 N–H and O–H groups in total. The number of alkyl halides is 3. The summed E-state index contributed by atoms with van der Waals surface area (Å²) in [7, 11) is -8.41. The van der Waals surface area contributed by atoms with E-state index in [0.717, 1.165) is 69.9 Å². The van der Waals surface area contributed by atoms with Crippen LogP contribution in [0.15, 0.2) is 170 Å². The molecule has 0 bridgehead atoms. The van der Waals surface area contributed by atoms with Crippen LogP contribution in [-0.2, 0) is 24.3 Å². The summed E-state index contributed by atoms with van der Waals surface area (Å²) in [6.45, 7) is 41.1. The highest BCUT2D eigenvalue weighted by Crippen LogP contribution is 2.46. The summed E-state index contributed by atoms with van der Waals surface area (Å²) in [5.41, 5.74) is -1.53. The van der Waals surface area contributed by atoms with E-state index in [4.69, 9.17) is 40.1 Å². The minimum absolute atomic E-state index is 0.0654. The first-order chi connectivity index (χ1) is 58.0. The summed E-state index contributed by atoms with van der Waals surface area (Å²) in [6.07, 6.45) is 5.39. The number of benzene rings is 8. The number of carboxylic acids is 1. The SMILES string of the molecule is C#Cc1ccc(O[Si](C(C)C)(C(C)C)C(C)C)cc1.CC(C)[Si](Oc1ccc(I)cc1)(C(C)C)C(C)C.COC(=O)c1ccc([N+](=O)[O-])c(C#Cc2ccc(O[Si](C(C)C)(C(C)C)C(C)C)cc2)c1.COC(=O)c1ccc([N+](=O)[O-])c(O)c1.COC(=O)c1ccc([N+](=O)[O-])c(OS(=O)(=O)C(F)(F)F)c1.O=C(O)c1ccc([N+](=O)[O-])c(O)c1.Oc1ccc(I)cc1. The lowest BCUT2D eigenvalue weighted by atomic mass is 10.1. The number of hydrogen-bond acceptors (Lipinski definition) is 24. The van der Waals surface area contributed by atoms with Crippen LogP contribution < -0.4 is 17.5 Å². The first kappa shape index (κ1) is 110. The van der Waals surface area contributed by atoms with E-state index in [2.05, 4.69) is 230 Å².